The SMILES string of the molecule is Nc1nc2c(ncn2[C@@H]2O[C@@H]3CO[P+](=O)O[C@H]4[C@@H](O)[C@H](n5cnc6c(N)ncnc65)O[C@@H]4CO[P+](=O)O[C@@H]2[C@@H]3O)c(=O)[nH]1. The summed E-state index contributed by atoms with van der Waals surface area (Å²) in [5.74, 6) is -0.0943. The Kier molecular flexibility index (Phi) is 7.09. The average Bonchev–Trinajstić information content (AvgIpc) is 3.72. The molecule has 23 heteroatoms. The van der Waals surface area contributed by atoms with Gasteiger partial charge in [-0.25, -0.2) is 19.9 Å². The molecule has 4 aromatic rings. The van der Waals surface area contributed by atoms with Crippen LogP contribution in [-0.4, -0.2) is 99.1 Å². The number of hydrogen-bond donors (Lipinski definition) is 5. The van der Waals surface area contributed by atoms with Gasteiger partial charge in [-0.3, -0.25) is 18.9 Å². The van der Waals surface area contributed by atoms with E-state index in [-0.39, 0.29) is 34.1 Å². The highest BCUT2D eigenvalue weighted by Gasteiger charge is 2.56. The number of aromatic nitrogens is 8. The monoisotopic (exact) mass is 640 g/mol. The van der Waals surface area contributed by atoms with Gasteiger partial charge >= 0.3 is 16.5 Å². The second kappa shape index (κ2) is 10.8. The van der Waals surface area contributed by atoms with Gasteiger partial charge in [0, 0.05) is 9.13 Å². The van der Waals surface area contributed by atoms with Crippen LogP contribution in [0.25, 0.3) is 22.3 Å². The van der Waals surface area contributed by atoms with Crippen molar-refractivity contribution >= 4 is 50.6 Å². The molecule has 3 saturated heterocycles. The Morgan fingerprint density at radius 2 is 1.49 bits per heavy atom. The number of fused-ring (bicyclic) bond motifs is 5. The number of rotatable bonds is 2. The third-order valence-corrected chi connectivity index (χ3v) is 8.66. The van der Waals surface area contributed by atoms with E-state index in [0.717, 1.165) is 0 Å². The number of aliphatic hydroxyl groups excluding tert-OH is 2. The molecule has 21 nitrogen and oxygen atoms in total. The summed E-state index contributed by atoms with van der Waals surface area (Å²) in [4.78, 5) is 34.8. The summed E-state index contributed by atoms with van der Waals surface area (Å²) >= 11 is 0. The van der Waals surface area contributed by atoms with Crippen molar-refractivity contribution in [3.8, 4) is 0 Å². The van der Waals surface area contributed by atoms with E-state index in [4.69, 9.17) is 39.0 Å². The van der Waals surface area contributed by atoms with Gasteiger partial charge in [0.1, 0.15) is 49.5 Å². The van der Waals surface area contributed by atoms with Gasteiger partial charge in [0.2, 0.25) is 5.95 Å². The molecule has 4 aromatic heterocycles. The number of hydrogen-bond acceptors (Lipinski definition) is 18. The molecule has 3 aliphatic rings. The van der Waals surface area contributed by atoms with Crippen LogP contribution in [0, 0.1) is 0 Å². The molecule has 0 radical (unpaired) electrons. The normalized spacial score (nSPS) is 33.7. The highest BCUT2D eigenvalue weighted by molar-refractivity contribution is 7.33. The lowest BCUT2D eigenvalue weighted by atomic mass is 10.1. The zero-order valence-corrected chi connectivity index (χ0v) is 23.3. The number of ether oxygens (including phenoxy) is 2. The molecule has 3 aliphatic heterocycles. The lowest BCUT2D eigenvalue weighted by Gasteiger charge is -2.17. The number of aliphatic hydroxyl groups is 2. The molecule has 3 fully saturated rings. The van der Waals surface area contributed by atoms with Crippen LogP contribution in [0.15, 0.2) is 23.8 Å². The number of H-pyrrole nitrogens is 1. The zero-order chi connectivity index (χ0) is 30.0. The minimum absolute atomic E-state index is 0.00145. The molecule has 10 atom stereocenters. The first-order valence-electron chi connectivity index (χ1n) is 12.6. The molecule has 0 amide bonds. The molecule has 43 heavy (non-hydrogen) atoms. The number of anilines is 2. The third-order valence-electron chi connectivity index (χ3n) is 7.11. The Hall–Kier alpha value is -3.62. The van der Waals surface area contributed by atoms with Crippen molar-refractivity contribution in [1.82, 2.24) is 39.0 Å². The minimum atomic E-state index is -2.96. The maximum Gasteiger partial charge on any atom is 0.698 e. The van der Waals surface area contributed by atoms with Crippen LogP contribution >= 0.6 is 16.5 Å². The van der Waals surface area contributed by atoms with Gasteiger partial charge in [0.05, 0.1) is 12.7 Å². The van der Waals surface area contributed by atoms with Crippen LogP contribution in [0.5, 0.6) is 0 Å². The molecule has 0 saturated carbocycles. The first kappa shape index (κ1) is 28.2. The Balaban J connectivity index is 1.16. The van der Waals surface area contributed by atoms with E-state index in [0.29, 0.717) is 0 Å². The average molecular weight is 640 g/mol. The van der Waals surface area contributed by atoms with Crippen molar-refractivity contribution in [3.63, 3.8) is 0 Å². The molecule has 226 valence electrons. The highest BCUT2D eigenvalue weighted by Crippen LogP contribution is 2.44. The summed E-state index contributed by atoms with van der Waals surface area (Å²) in [6.45, 7) is -0.952. The van der Waals surface area contributed by atoms with Crippen LogP contribution < -0.4 is 17.0 Å². The predicted octanol–water partition coefficient (Wildman–Crippen LogP) is -1.23. The van der Waals surface area contributed by atoms with E-state index in [1.54, 1.807) is 0 Å². The molecule has 2 bridgehead atoms. The van der Waals surface area contributed by atoms with Crippen LogP contribution in [0.4, 0.5) is 11.8 Å². The van der Waals surface area contributed by atoms with Crippen molar-refractivity contribution in [2.45, 2.75) is 49.1 Å². The Labute approximate surface area is 240 Å². The van der Waals surface area contributed by atoms with Crippen molar-refractivity contribution < 1.29 is 46.9 Å². The molecule has 7 heterocycles. The van der Waals surface area contributed by atoms with Gasteiger partial charge in [-0.15, -0.1) is 18.1 Å². The van der Waals surface area contributed by atoms with Crippen LogP contribution in [0.1, 0.15) is 12.5 Å². The van der Waals surface area contributed by atoms with E-state index < -0.39 is 84.4 Å². The van der Waals surface area contributed by atoms with E-state index in [1.165, 1.54) is 28.1 Å². The molecule has 7 N–H and O–H groups in total. The summed E-state index contributed by atoms with van der Waals surface area (Å²) in [7, 11) is -5.88. The lowest BCUT2D eigenvalue weighted by Crippen LogP contribution is -2.35. The van der Waals surface area contributed by atoms with Crippen LogP contribution in [0.3, 0.4) is 0 Å². The molecular weight excluding hydrogens is 618 g/mol. The van der Waals surface area contributed by atoms with Crippen LogP contribution in [0.2, 0.25) is 0 Å². The van der Waals surface area contributed by atoms with Crippen molar-refractivity contribution in [2.24, 2.45) is 0 Å². The van der Waals surface area contributed by atoms with Gasteiger partial charge in [-0.2, -0.15) is 4.98 Å². The summed E-state index contributed by atoms with van der Waals surface area (Å²) in [6, 6.07) is 0. The topological polar surface area (TPSA) is 289 Å². The van der Waals surface area contributed by atoms with E-state index >= 15 is 0 Å². The number of imidazole rings is 2. The Morgan fingerprint density at radius 1 is 0.837 bits per heavy atom. The minimum Gasteiger partial charge on any atom is -0.387 e. The molecule has 0 aliphatic carbocycles. The van der Waals surface area contributed by atoms with E-state index in [1.807, 2.05) is 0 Å². The lowest BCUT2D eigenvalue weighted by molar-refractivity contribution is -0.0566. The van der Waals surface area contributed by atoms with Crippen molar-refractivity contribution in [1.29, 1.82) is 0 Å². The fourth-order valence-electron chi connectivity index (χ4n) is 5.12. The van der Waals surface area contributed by atoms with E-state index in [2.05, 4.69) is 29.9 Å². The quantitative estimate of drug-likeness (QED) is 0.160. The maximum absolute atomic E-state index is 13.0. The second-order valence-electron chi connectivity index (χ2n) is 9.65. The number of aromatic amines is 1. The predicted molar refractivity (Wildman–Crippen MR) is 139 cm³/mol. The third kappa shape index (κ3) is 4.85. The molecule has 0 aromatic carbocycles. The number of nitrogens with zero attached hydrogens (tertiary/aromatic N) is 7. The molecule has 7 rings (SSSR count). The van der Waals surface area contributed by atoms with Gasteiger partial charge in [-0.05, 0) is 0 Å². The van der Waals surface area contributed by atoms with Gasteiger partial charge in [0.25, 0.3) is 5.56 Å². The first-order chi connectivity index (χ1) is 20.7. The standard InChI is InChI=1S/C20H21N10O11P2/c21-14-8-15(24-3-23-14)29(4-25-8)18-11(32)12-7(39-18)2-37-43(35)41-13-10(31)6(1-36-42(34)40-12)38-19(13)30-5-26-9-16(30)27-20(22)28-17(9)33/h3-7,10-13,18-19,31-32H,1-2H2,(H4-,21,22,23,24,27,28,33)/q+1/p+1/t6-,7-,10-,11-,12-,13-,18-,19-/m1/s1. The maximum atomic E-state index is 13.0. The van der Waals surface area contributed by atoms with Crippen LogP contribution in [-0.2, 0) is 36.7 Å². The van der Waals surface area contributed by atoms with Gasteiger partial charge in [-0.1, -0.05) is 0 Å². The molecule has 2 unspecified atom stereocenters. The number of nitrogen functional groups attached to an aromatic ring is 2. The second-order valence-corrected chi connectivity index (χ2v) is 11.5. The van der Waals surface area contributed by atoms with Gasteiger partial charge in [0.15, 0.2) is 47.3 Å². The van der Waals surface area contributed by atoms with Crippen molar-refractivity contribution in [2.75, 3.05) is 24.7 Å². The largest absolute Gasteiger partial charge is 0.698 e. The van der Waals surface area contributed by atoms with E-state index in [9.17, 15) is 24.1 Å². The fourth-order valence-corrected chi connectivity index (χ4v) is 6.67. The molecule has 0 spiro atoms. The van der Waals surface area contributed by atoms with Crippen molar-refractivity contribution in [3.05, 3.63) is 29.3 Å². The highest BCUT2D eigenvalue weighted by atomic mass is 31.1. The summed E-state index contributed by atoms with van der Waals surface area (Å²) < 4.78 is 62.2. The summed E-state index contributed by atoms with van der Waals surface area (Å²) in [5, 5.41) is 22.1. The summed E-state index contributed by atoms with van der Waals surface area (Å²) in [6.07, 6.45) is -6.55. The Bertz CT molecular complexity index is 1800. The Morgan fingerprint density at radius 3 is 2.26 bits per heavy atom. The smallest absolute Gasteiger partial charge is 0.387 e. The number of nitrogens with two attached hydrogens (primary N) is 2. The summed E-state index contributed by atoms with van der Waals surface area (Å²) in [5.41, 5.74) is 11.4. The van der Waals surface area contributed by atoms with Gasteiger partial charge < -0.3 is 31.2 Å². The fraction of sp³-hybridized carbons (Fsp3) is 0.500. The number of nitrogens with one attached hydrogen (secondary N) is 1. The first-order valence-corrected chi connectivity index (χ1v) is 14.7. The molecular formula is C20H22N10O11P2+2. The zero-order valence-electron chi connectivity index (χ0n) is 21.5.